The predicted octanol–water partition coefficient (Wildman–Crippen LogP) is 7.92. The van der Waals surface area contributed by atoms with Gasteiger partial charge in [0.1, 0.15) is 0 Å². The fourth-order valence-electron chi connectivity index (χ4n) is 3.77. The van der Waals surface area contributed by atoms with Gasteiger partial charge in [0.25, 0.3) is 0 Å². The van der Waals surface area contributed by atoms with Crippen LogP contribution in [0.15, 0.2) is 121 Å². The molecule has 5 rings (SSSR count). The first-order chi connectivity index (χ1) is 14.4. The Labute approximate surface area is 171 Å². The SMILES string of the molecule is c1ccc(Nc2ccc(-c3ccc4c(-c5ccccc5)cccc4c3)cc2)cc1. The summed E-state index contributed by atoms with van der Waals surface area (Å²) in [6, 6.07) is 42.7. The van der Waals surface area contributed by atoms with Gasteiger partial charge in [-0.25, -0.2) is 0 Å². The van der Waals surface area contributed by atoms with Crippen molar-refractivity contribution in [1.82, 2.24) is 0 Å². The van der Waals surface area contributed by atoms with Crippen molar-refractivity contribution >= 4 is 22.1 Å². The lowest BCUT2D eigenvalue weighted by Gasteiger charge is -2.10. The minimum atomic E-state index is 1.09. The molecular formula is C28H21N. The van der Waals surface area contributed by atoms with Crippen molar-refractivity contribution in [2.45, 2.75) is 0 Å². The quantitative estimate of drug-likeness (QED) is 0.338. The van der Waals surface area contributed by atoms with E-state index >= 15 is 0 Å². The van der Waals surface area contributed by atoms with Crippen molar-refractivity contribution in [1.29, 1.82) is 0 Å². The number of para-hydroxylation sites is 1. The van der Waals surface area contributed by atoms with Gasteiger partial charge in [-0.2, -0.15) is 0 Å². The summed E-state index contributed by atoms with van der Waals surface area (Å²) in [5, 5.41) is 5.98. The Morgan fingerprint density at radius 3 is 1.83 bits per heavy atom. The molecule has 0 bridgehead atoms. The average molecular weight is 371 g/mol. The van der Waals surface area contributed by atoms with E-state index in [1.807, 2.05) is 18.2 Å². The van der Waals surface area contributed by atoms with Gasteiger partial charge in [0, 0.05) is 11.4 Å². The number of hydrogen-bond donors (Lipinski definition) is 1. The highest BCUT2D eigenvalue weighted by molar-refractivity contribution is 5.98. The van der Waals surface area contributed by atoms with Crippen LogP contribution in [0.2, 0.25) is 0 Å². The molecule has 0 spiro atoms. The normalized spacial score (nSPS) is 10.8. The van der Waals surface area contributed by atoms with E-state index in [1.54, 1.807) is 0 Å². The van der Waals surface area contributed by atoms with E-state index in [0.29, 0.717) is 0 Å². The first kappa shape index (κ1) is 17.3. The number of benzene rings is 5. The second kappa shape index (κ2) is 7.65. The van der Waals surface area contributed by atoms with E-state index in [2.05, 4.69) is 108 Å². The standard InChI is InChI=1S/C28H21N/c1-3-8-22(9-4-1)27-13-7-10-24-20-23(16-19-28(24)27)21-14-17-26(18-15-21)29-25-11-5-2-6-12-25/h1-20,29H. The molecule has 0 unspecified atom stereocenters. The zero-order valence-electron chi connectivity index (χ0n) is 16.0. The van der Waals surface area contributed by atoms with Crippen molar-refractivity contribution in [2.75, 3.05) is 5.32 Å². The molecule has 0 fully saturated rings. The number of fused-ring (bicyclic) bond motifs is 1. The summed E-state index contributed by atoms with van der Waals surface area (Å²) in [6.07, 6.45) is 0. The van der Waals surface area contributed by atoms with Crippen molar-refractivity contribution in [3.05, 3.63) is 121 Å². The van der Waals surface area contributed by atoms with Crippen molar-refractivity contribution in [2.24, 2.45) is 0 Å². The molecule has 138 valence electrons. The summed E-state index contributed by atoms with van der Waals surface area (Å²) in [5.74, 6) is 0. The van der Waals surface area contributed by atoms with Crippen molar-refractivity contribution in [3.8, 4) is 22.3 Å². The molecule has 5 aromatic carbocycles. The maximum Gasteiger partial charge on any atom is 0.0384 e. The molecule has 0 aliphatic carbocycles. The molecule has 0 amide bonds. The van der Waals surface area contributed by atoms with Gasteiger partial charge in [0.15, 0.2) is 0 Å². The molecule has 0 atom stereocenters. The summed E-state index contributed by atoms with van der Waals surface area (Å²) < 4.78 is 0. The zero-order valence-corrected chi connectivity index (χ0v) is 16.0. The third kappa shape index (κ3) is 3.63. The van der Waals surface area contributed by atoms with Crippen LogP contribution in [-0.2, 0) is 0 Å². The molecule has 1 heteroatoms. The van der Waals surface area contributed by atoms with Crippen molar-refractivity contribution in [3.63, 3.8) is 0 Å². The van der Waals surface area contributed by atoms with Crippen molar-refractivity contribution < 1.29 is 0 Å². The van der Waals surface area contributed by atoms with Crippen LogP contribution < -0.4 is 5.32 Å². The molecule has 0 aromatic heterocycles. The highest BCUT2D eigenvalue weighted by Gasteiger charge is 2.05. The van der Waals surface area contributed by atoms with Gasteiger partial charge in [-0.05, 0) is 63.4 Å². The van der Waals surface area contributed by atoms with Gasteiger partial charge in [-0.15, -0.1) is 0 Å². The van der Waals surface area contributed by atoms with E-state index in [4.69, 9.17) is 0 Å². The summed E-state index contributed by atoms with van der Waals surface area (Å²) >= 11 is 0. The van der Waals surface area contributed by atoms with Crippen LogP contribution in [0.5, 0.6) is 0 Å². The number of nitrogens with one attached hydrogen (secondary N) is 1. The second-order valence-corrected chi connectivity index (χ2v) is 7.18. The fraction of sp³-hybridized carbons (Fsp3) is 0. The molecule has 1 nitrogen and oxygen atoms in total. The maximum atomic E-state index is 3.44. The van der Waals surface area contributed by atoms with Gasteiger partial charge in [0.2, 0.25) is 0 Å². The third-order valence-corrected chi connectivity index (χ3v) is 5.25. The van der Waals surface area contributed by atoms with Crippen LogP contribution in [0.1, 0.15) is 0 Å². The maximum absolute atomic E-state index is 3.44. The van der Waals surface area contributed by atoms with Crippen LogP contribution in [0.3, 0.4) is 0 Å². The first-order valence-corrected chi connectivity index (χ1v) is 9.87. The molecule has 0 radical (unpaired) electrons. The third-order valence-electron chi connectivity index (χ3n) is 5.25. The molecule has 1 N–H and O–H groups in total. The Balaban J connectivity index is 1.46. The summed E-state index contributed by atoms with van der Waals surface area (Å²) in [5.41, 5.74) is 7.16. The van der Waals surface area contributed by atoms with Gasteiger partial charge >= 0.3 is 0 Å². The molecule has 0 saturated carbocycles. The lowest BCUT2D eigenvalue weighted by molar-refractivity contribution is 1.54. The monoisotopic (exact) mass is 371 g/mol. The van der Waals surface area contributed by atoms with Gasteiger partial charge in [0.05, 0.1) is 0 Å². The van der Waals surface area contributed by atoms with E-state index in [1.165, 1.54) is 33.0 Å². The van der Waals surface area contributed by atoms with Gasteiger partial charge in [-0.3, -0.25) is 0 Å². The Morgan fingerprint density at radius 2 is 1.07 bits per heavy atom. The average Bonchev–Trinajstić information content (AvgIpc) is 2.80. The van der Waals surface area contributed by atoms with Crippen LogP contribution in [0.4, 0.5) is 11.4 Å². The van der Waals surface area contributed by atoms with Crippen LogP contribution in [0, 0.1) is 0 Å². The highest BCUT2D eigenvalue weighted by atomic mass is 14.9. The minimum Gasteiger partial charge on any atom is -0.356 e. The molecule has 5 aromatic rings. The second-order valence-electron chi connectivity index (χ2n) is 7.18. The molecule has 0 aliphatic rings. The number of hydrogen-bond acceptors (Lipinski definition) is 1. The van der Waals surface area contributed by atoms with E-state index in [0.717, 1.165) is 11.4 Å². The summed E-state index contributed by atoms with van der Waals surface area (Å²) in [6.45, 7) is 0. The Hall–Kier alpha value is -3.84. The molecule has 0 saturated heterocycles. The Bertz CT molecular complexity index is 1240. The highest BCUT2D eigenvalue weighted by Crippen LogP contribution is 2.32. The molecule has 29 heavy (non-hydrogen) atoms. The van der Waals surface area contributed by atoms with E-state index in [-0.39, 0.29) is 0 Å². The molecular weight excluding hydrogens is 350 g/mol. The van der Waals surface area contributed by atoms with E-state index < -0.39 is 0 Å². The predicted molar refractivity (Wildman–Crippen MR) is 125 cm³/mol. The zero-order chi connectivity index (χ0) is 19.5. The van der Waals surface area contributed by atoms with Gasteiger partial charge < -0.3 is 5.32 Å². The topological polar surface area (TPSA) is 12.0 Å². The largest absolute Gasteiger partial charge is 0.356 e. The lowest BCUT2D eigenvalue weighted by Crippen LogP contribution is -1.89. The molecule has 0 heterocycles. The Morgan fingerprint density at radius 1 is 0.414 bits per heavy atom. The minimum absolute atomic E-state index is 1.09. The summed E-state index contributed by atoms with van der Waals surface area (Å²) in [7, 11) is 0. The first-order valence-electron chi connectivity index (χ1n) is 9.87. The fourth-order valence-corrected chi connectivity index (χ4v) is 3.77. The lowest BCUT2D eigenvalue weighted by atomic mass is 9.95. The smallest absolute Gasteiger partial charge is 0.0384 e. The van der Waals surface area contributed by atoms with Gasteiger partial charge in [-0.1, -0.05) is 91.0 Å². The number of rotatable bonds is 4. The van der Waals surface area contributed by atoms with Crippen LogP contribution in [-0.4, -0.2) is 0 Å². The van der Waals surface area contributed by atoms with Crippen LogP contribution in [0.25, 0.3) is 33.0 Å². The summed E-state index contributed by atoms with van der Waals surface area (Å²) in [4.78, 5) is 0. The van der Waals surface area contributed by atoms with E-state index in [9.17, 15) is 0 Å². The molecule has 0 aliphatic heterocycles. The number of anilines is 2. The van der Waals surface area contributed by atoms with Crippen LogP contribution >= 0.6 is 0 Å². The Kier molecular flexibility index (Phi) is 4.56.